The van der Waals surface area contributed by atoms with Crippen LogP contribution >= 0.6 is 0 Å². The lowest BCUT2D eigenvalue weighted by atomic mass is 9.96. The third-order valence-corrected chi connectivity index (χ3v) is 3.29. The lowest BCUT2D eigenvalue weighted by Gasteiger charge is -2.15. The van der Waals surface area contributed by atoms with Crippen LogP contribution in [0.4, 0.5) is 4.39 Å². The predicted molar refractivity (Wildman–Crippen MR) is 57.9 cm³/mol. The van der Waals surface area contributed by atoms with Crippen LogP contribution < -0.4 is 0 Å². The standard InChI is InChI=1S/C13H17FO/c14-12-7-5-11(6-8-12)13(15)9-10-3-1-2-4-10/h5-8,10,13,15H,1-4,9H2. The Morgan fingerprint density at radius 2 is 1.80 bits per heavy atom. The van der Waals surface area contributed by atoms with Crippen LogP contribution in [-0.4, -0.2) is 5.11 Å². The second kappa shape index (κ2) is 4.75. The SMILES string of the molecule is OC(CC1CCCC1)c1ccc(F)cc1. The number of hydrogen-bond acceptors (Lipinski definition) is 1. The van der Waals surface area contributed by atoms with Crippen molar-refractivity contribution in [1.82, 2.24) is 0 Å². The van der Waals surface area contributed by atoms with E-state index in [0.29, 0.717) is 5.92 Å². The predicted octanol–water partition coefficient (Wildman–Crippen LogP) is 3.44. The van der Waals surface area contributed by atoms with Gasteiger partial charge in [-0.2, -0.15) is 0 Å². The van der Waals surface area contributed by atoms with Gasteiger partial charge < -0.3 is 5.11 Å². The third-order valence-electron chi connectivity index (χ3n) is 3.29. The quantitative estimate of drug-likeness (QED) is 0.806. The van der Waals surface area contributed by atoms with E-state index in [1.807, 2.05) is 0 Å². The minimum absolute atomic E-state index is 0.244. The van der Waals surface area contributed by atoms with Gasteiger partial charge in [0.05, 0.1) is 6.10 Å². The molecule has 1 saturated carbocycles. The van der Waals surface area contributed by atoms with Gasteiger partial charge >= 0.3 is 0 Å². The van der Waals surface area contributed by atoms with Crippen LogP contribution in [0.5, 0.6) is 0 Å². The van der Waals surface area contributed by atoms with Gasteiger partial charge in [-0.15, -0.1) is 0 Å². The fraction of sp³-hybridized carbons (Fsp3) is 0.538. The number of rotatable bonds is 3. The molecule has 0 aromatic heterocycles. The highest BCUT2D eigenvalue weighted by atomic mass is 19.1. The largest absolute Gasteiger partial charge is 0.388 e. The number of aliphatic hydroxyl groups is 1. The molecule has 1 nitrogen and oxygen atoms in total. The van der Waals surface area contributed by atoms with Gasteiger partial charge in [0.25, 0.3) is 0 Å². The Kier molecular flexibility index (Phi) is 3.37. The van der Waals surface area contributed by atoms with Gasteiger partial charge in [-0.05, 0) is 30.0 Å². The highest BCUT2D eigenvalue weighted by Crippen LogP contribution is 2.32. The molecule has 1 fully saturated rings. The van der Waals surface area contributed by atoms with E-state index in [0.717, 1.165) is 12.0 Å². The van der Waals surface area contributed by atoms with E-state index in [2.05, 4.69) is 0 Å². The van der Waals surface area contributed by atoms with E-state index in [4.69, 9.17) is 0 Å². The summed E-state index contributed by atoms with van der Waals surface area (Å²) in [5, 5.41) is 9.95. The summed E-state index contributed by atoms with van der Waals surface area (Å²) < 4.78 is 12.7. The maximum atomic E-state index is 12.7. The van der Waals surface area contributed by atoms with E-state index >= 15 is 0 Å². The molecule has 0 amide bonds. The highest BCUT2D eigenvalue weighted by Gasteiger charge is 2.19. The Morgan fingerprint density at radius 3 is 2.40 bits per heavy atom. The van der Waals surface area contributed by atoms with Crippen molar-refractivity contribution in [3.63, 3.8) is 0 Å². The molecule has 0 aliphatic heterocycles. The molecule has 1 aromatic carbocycles. The van der Waals surface area contributed by atoms with Crippen LogP contribution in [0, 0.1) is 11.7 Å². The molecule has 2 heteroatoms. The molecule has 15 heavy (non-hydrogen) atoms. The molecule has 2 rings (SSSR count). The molecule has 1 aliphatic rings. The van der Waals surface area contributed by atoms with Gasteiger partial charge in [-0.1, -0.05) is 37.8 Å². The molecule has 0 saturated heterocycles. The summed E-state index contributed by atoms with van der Waals surface area (Å²) in [5.41, 5.74) is 0.836. The number of benzene rings is 1. The Morgan fingerprint density at radius 1 is 1.20 bits per heavy atom. The van der Waals surface area contributed by atoms with Gasteiger partial charge in [0.2, 0.25) is 0 Å². The van der Waals surface area contributed by atoms with Gasteiger partial charge in [0, 0.05) is 0 Å². The van der Waals surface area contributed by atoms with E-state index in [9.17, 15) is 9.50 Å². The first-order chi connectivity index (χ1) is 7.25. The first kappa shape index (κ1) is 10.6. The van der Waals surface area contributed by atoms with Gasteiger partial charge in [0.1, 0.15) is 5.82 Å². The van der Waals surface area contributed by atoms with Crippen LogP contribution in [-0.2, 0) is 0 Å². The van der Waals surface area contributed by atoms with Crippen LogP contribution in [0.1, 0.15) is 43.8 Å². The van der Waals surface area contributed by atoms with Crippen LogP contribution in [0.2, 0.25) is 0 Å². The van der Waals surface area contributed by atoms with Crippen molar-refractivity contribution >= 4 is 0 Å². The van der Waals surface area contributed by atoms with Crippen molar-refractivity contribution < 1.29 is 9.50 Å². The Labute approximate surface area is 89.9 Å². The highest BCUT2D eigenvalue weighted by molar-refractivity contribution is 5.18. The zero-order chi connectivity index (χ0) is 10.7. The molecule has 1 N–H and O–H groups in total. The molecule has 1 aliphatic carbocycles. The maximum absolute atomic E-state index is 12.7. The molecule has 0 radical (unpaired) electrons. The average molecular weight is 208 g/mol. The Hall–Kier alpha value is -0.890. The summed E-state index contributed by atoms with van der Waals surface area (Å²) in [6.07, 6.45) is 5.46. The fourth-order valence-corrected chi connectivity index (χ4v) is 2.38. The summed E-state index contributed by atoms with van der Waals surface area (Å²) in [6, 6.07) is 6.17. The van der Waals surface area contributed by atoms with Crippen LogP contribution in [0.3, 0.4) is 0 Å². The third kappa shape index (κ3) is 2.78. The van der Waals surface area contributed by atoms with Gasteiger partial charge in [-0.25, -0.2) is 4.39 Å². The second-order valence-corrected chi connectivity index (χ2v) is 4.45. The molecule has 82 valence electrons. The molecule has 0 spiro atoms. The molecule has 1 aromatic rings. The number of halogens is 1. The van der Waals surface area contributed by atoms with E-state index in [1.165, 1.54) is 37.8 Å². The molecule has 1 atom stereocenters. The summed E-state index contributed by atoms with van der Waals surface area (Å²) in [4.78, 5) is 0. The minimum Gasteiger partial charge on any atom is -0.388 e. The summed E-state index contributed by atoms with van der Waals surface area (Å²) in [6.45, 7) is 0. The van der Waals surface area contributed by atoms with Crippen molar-refractivity contribution in [2.24, 2.45) is 5.92 Å². The Balaban J connectivity index is 1.94. The first-order valence-corrected chi connectivity index (χ1v) is 5.69. The topological polar surface area (TPSA) is 20.2 Å². The lowest BCUT2D eigenvalue weighted by Crippen LogP contribution is -2.04. The fourth-order valence-electron chi connectivity index (χ4n) is 2.38. The zero-order valence-corrected chi connectivity index (χ0v) is 8.82. The number of hydrogen-bond donors (Lipinski definition) is 1. The van der Waals surface area contributed by atoms with Gasteiger partial charge in [-0.3, -0.25) is 0 Å². The molecular formula is C13H17FO. The first-order valence-electron chi connectivity index (χ1n) is 5.69. The molecular weight excluding hydrogens is 191 g/mol. The van der Waals surface area contributed by atoms with Crippen molar-refractivity contribution in [2.75, 3.05) is 0 Å². The maximum Gasteiger partial charge on any atom is 0.123 e. The minimum atomic E-state index is -0.423. The smallest absolute Gasteiger partial charge is 0.123 e. The summed E-state index contributed by atoms with van der Waals surface area (Å²) >= 11 is 0. The average Bonchev–Trinajstić information content (AvgIpc) is 2.71. The molecule has 1 unspecified atom stereocenters. The molecule has 0 bridgehead atoms. The zero-order valence-electron chi connectivity index (χ0n) is 8.82. The van der Waals surface area contributed by atoms with E-state index in [-0.39, 0.29) is 5.82 Å². The normalized spacial score (nSPS) is 19.3. The second-order valence-electron chi connectivity index (χ2n) is 4.45. The monoisotopic (exact) mass is 208 g/mol. The molecule has 0 heterocycles. The van der Waals surface area contributed by atoms with Crippen molar-refractivity contribution in [3.05, 3.63) is 35.6 Å². The van der Waals surface area contributed by atoms with Crippen LogP contribution in [0.15, 0.2) is 24.3 Å². The lowest BCUT2D eigenvalue weighted by molar-refractivity contribution is 0.145. The van der Waals surface area contributed by atoms with Crippen LogP contribution in [0.25, 0.3) is 0 Å². The summed E-state index contributed by atoms with van der Waals surface area (Å²) in [7, 11) is 0. The Bertz CT molecular complexity index is 301. The number of aliphatic hydroxyl groups excluding tert-OH is 1. The van der Waals surface area contributed by atoms with Crippen molar-refractivity contribution in [1.29, 1.82) is 0 Å². The van der Waals surface area contributed by atoms with Crippen molar-refractivity contribution in [3.8, 4) is 0 Å². The van der Waals surface area contributed by atoms with Crippen molar-refractivity contribution in [2.45, 2.75) is 38.2 Å². The van der Waals surface area contributed by atoms with E-state index < -0.39 is 6.10 Å². The summed E-state index contributed by atoms with van der Waals surface area (Å²) in [5.74, 6) is 0.414. The van der Waals surface area contributed by atoms with E-state index in [1.54, 1.807) is 12.1 Å². The van der Waals surface area contributed by atoms with Gasteiger partial charge in [0.15, 0.2) is 0 Å².